The first kappa shape index (κ1) is 27.6. The minimum absolute atomic E-state index is 0. The molecule has 0 spiro atoms. The van der Waals surface area contributed by atoms with Crippen molar-refractivity contribution in [1.82, 2.24) is 5.32 Å². The first-order chi connectivity index (χ1) is 14.9. The molecule has 0 saturated heterocycles. The summed E-state index contributed by atoms with van der Waals surface area (Å²) in [6.07, 6.45) is -0.306. The molecule has 10 heteroatoms. The van der Waals surface area contributed by atoms with Crippen molar-refractivity contribution in [3.05, 3.63) is 65.7 Å². The molecule has 9 nitrogen and oxygen atoms in total. The quantitative estimate of drug-likeness (QED) is 0.178. The zero-order valence-corrected chi connectivity index (χ0v) is 19.4. The highest BCUT2D eigenvalue weighted by Gasteiger charge is 2.50. The number of Topliss-reactive ketones (excluding diaryl/α,β-unsaturated/α-hetero) is 1. The number of aliphatic carboxylic acids is 1. The van der Waals surface area contributed by atoms with Crippen LogP contribution >= 0.6 is 12.4 Å². The number of ketones is 1. The van der Waals surface area contributed by atoms with Gasteiger partial charge in [0.15, 0.2) is 0 Å². The van der Waals surface area contributed by atoms with E-state index in [2.05, 4.69) is 5.32 Å². The number of amides is 1. The highest BCUT2D eigenvalue weighted by atomic mass is 35.5. The molecule has 0 aromatic heterocycles. The van der Waals surface area contributed by atoms with E-state index in [1.165, 1.54) is 36.4 Å². The number of rotatable bonds is 10. The normalized spacial score (nSPS) is 12.6. The van der Waals surface area contributed by atoms with Gasteiger partial charge in [-0.3, -0.25) is 20.3 Å². The fourth-order valence-corrected chi connectivity index (χ4v) is 2.69. The maximum Gasteiger partial charge on any atom is 0.378 e. The number of nitrogens with one attached hydrogen (secondary N) is 2. The van der Waals surface area contributed by atoms with Crippen LogP contribution in [0.25, 0.3) is 0 Å². The largest absolute Gasteiger partial charge is 0.476 e. The van der Waals surface area contributed by atoms with Crippen molar-refractivity contribution in [2.75, 3.05) is 6.61 Å². The second-order valence-electron chi connectivity index (χ2n) is 7.98. The van der Waals surface area contributed by atoms with Gasteiger partial charge < -0.3 is 20.3 Å². The molecule has 178 valence electrons. The first-order valence-corrected chi connectivity index (χ1v) is 9.86. The minimum Gasteiger partial charge on any atom is -0.476 e. The lowest BCUT2D eigenvalue weighted by Crippen LogP contribution is -2.64. The van der Waals surface area contributed by atoms with Crippen molar-refractivity contribution in [3.8, 4) is 5.75 Å². The van der Waals surface area contributed by atoms with Crippen molar-refractivity contribution < 1.29 is 29.0 Å². The lowest BCUT2D eigenvalue weighted by atomic mass is 10.0. The summed E-state index contributed by atoms with van der Waals surface area (Å²) in [5.74, 6) is -3.49. The van der Waals surface area contributed by atoms with Gasteiger partial charge in [-0.25, -0.2) is 4.79 Å². The summed E-state index contributed by atoms with van der Waals surface area (Å²) in [5.41, 5.74) is 2.67. The van der Waals surface area contributed by atoms with E-state index in [-0.39, 0.29) is 42.6 Å². The smallest absolute Gasteiger partial charge is 0.378 e. The van der Waals surface area contributed by atoms with Gasteiger partial charge in [0.2, 0.25) is 5.78 Å². The van der Waals surface area contributed by atoms with Crippen molar-refractivity contribution in [3.63, 3.8) is 0 Å². The van der Waals surface area contributed by atoms with Crippen LogP contribution < -0.4 is 15.8 Å². The van der Waals surface area contributed by atoms with Gasteiger partial charge in [0.05, 0.1) is 12.2 Å². The zero-order valence-electron chi connectivity index (χ0n) is 18.6. The van der Waals surface area contributed by atoms with E-state index in [1.54, 1.807) is 39.0 Å². The summed E-state index contributed by atoms with van der Waals surface area (Å²) in [7, 11) is 0. The van der Waals surface area contributed by atoms with E-state index in [9.17, 15) is 19.5 Å². The van der Waals surface area contributed by atoms with Crippen LogP contribution in [0.4, 0.5) is 0 Å². The van der Waals surface area contributed by atoms with E-state index < -0.39 is 29.0 Å². The molecule has 33 heavy (non-hydrogen) atoms. The Morgan fingerprint density at radius 2 is 1.55 bits per heavy atom. The average Bonchev–Trinajstić information content (AvgIpc) is 2.72. The molecule has 0 radical (unpaired) electrons. The number of carbonyl (C=O) groups excluding carboxylic acids is 2. The molecule has 2 aromatic carbocycles. The van der Waals surface area contributed by atoms with Gasteiger partial charge >= 0.3 is 11.7 Å². The van der Waals surface area contributed by atoms with Crippen LogP contribution in [0.2, 0.25) is 0 Å². The van der Waals surface area contributed by atoms with Gasteiger partial charge in [-0.15, -0.1) is 12.4 Å². The number of para-hydroxylation sites is 1. The van der Waals surface area contributed by atoms with Crippen molar-refractivity contribution in [2.24, 2.45) is 5.73 Å². The SMILES string of the molecule is CC(C)(C)OCCC(=O)C(NC(=O)c1ccc(C(=N)N)cc1)(Oc1ccccc1)C(=O)O.Cl. The fourth-order valence-electron chi connectivity index (χ4n) is 2.69. The number of hydrogen-bond donors (Lipinski definition) is 4. The summed E-state index contributed by atoms with van der Waals surface area (Å²) in [6, 6.07) is 13.5. The highest BCUT2D eigenvalue weighted by Crippen LogP contribution is 2.21. The van der Waals surface area contributed by atoms with Crippen molar-refractivity contribution >= 4 is 35.9 Å². The summed E-state index contributed by atoms with van der Waals surface area (Å²) in [4.78, 5) is 38.2. The number of halogens is 1. The van der Waals surface area contributed by atoms with Crippen LogP contribution in [0.3, 0.4) is 0 Å². The predicted molar refractivity (Wildman–Crippen MR) is 125 cm³/mol. The Balaban J connectivity index is 0.00000544. The van der Waals surface area contributed by atoms with Crippen molar-refractivity contribution in [2.45, 2.75) is 38.5 Å². The Labute approximate surface area is 198 Å². The van der Waals surface area contributed by atoms with Crippen LogP contribution in [-0.2, 0) is 14.3 Å². The Morgan fingerprint density at radius 3 is 2.03 bits per heavy atom. The third kappa shape index (κ3) is 7.58. The van der Waals surface area contributed by atoms with Gasteiger partial charge in [-0.1, -0.05) is 30.3 Å². The number of nitrogen functional groups attached to an aromatic ring is 1. The second-order valence-corrected chi connectivity index (χ2v) is 7.98. The van der Waals surface area contributed by atoms with E-state index in [0.717, 1.165) is 0 Å². The maximum absolute atomic E-state index is 13.1. The number of ether oxygens (including phenoxy) is 2. The number of carboxylic acids is 1. The van der Waals surface area contributed by atoms with E-state index >= 15 is 0 Å². The molecular formula is C23H28ClN3O6. The van der Waals surface area contributed by atoms with Crippen LogP contribution in [0, 0.1) is 5.41 Å². The van der Waals surface area contributed by atoms with Gasteiger partial charge in [0, 0.05) is 17.5 Å². The van der Waals surface area contributed by atoms with Crippen LogP contribution in [0.1, 0.15) is 43.1 Å². The minimum atomic E-state index is -2.67. The number of carboxylic acid groups (broad SMARTS) is 1. The fraction of sp³-hybridized carbons (Fsp3) is 0.304. The zero-order chi connectivity index (χ0) is 23.9. The molecule has 0 bridgehead atoms. The predicted octanol–water partition coefficient (Wildman–Crippen LogP) is 2.76. The summed E-state index contributed by atoms with van der Waals surface area (Å²) in [6.45, 7) is 5.34. The summed E-state index contributed by atoms with van der Waals surface area (Å²) >= 11 is 0. The monoisotopic (exact) mass is 477 g/mol. The van der Waals surface area contributed by atoms with Gasteiger partial charge in [0.25, 0.3) is 5.91 Å². The second kappa shape index (κ2) is 11.4. The third-order valence-corrected chi connectivity index (χ3v) is 4.32. The highest BCUT2D eigenvalue weighted by molar-refractivity contribution is 6.11. The molecular weight excluding hydrogens is 450 g/mol. The van der Waals surface area contributed by atoms with Gasteiger partial charge in [-0.05, 0) is 45.0 Å². The molecule has 1 unspecified atom stereocenters. The lowest BCUT2D eigenvalue weighted by molar-refractivity contribution is -0.165. The Hall–Kier alpha value is -3.43. The summed E-state index contributed by atoms with van der Waals surface area (Å²) < 4.78 is 11.1. The first-order valence-electron chi connectivity index (χ1n) is 9.86. The lowest BCUT2D eigenvalue weighted by Gasteiger charge is -2.30. The summed E-state index contributed by atoms with van der Waals surface area (Å²) in [5, 5.41) is 19.6. The number of amidine groups is 1. The molecule has 0 fully saturated rings. The number of nitrogens with two attached hydrogens (primary N) is 1. The number of benzene rings is 2. The Kier molecular flexibility index (Phi) is 9.57. The average molecular weight is 478 g/mol. The molecule has 1 atom stereocenters. The molecule has 0 heterocycles. The van der Waals surface area contributed by atoms with Crippen LogP contribution in [-0.4, -0.2) is 46.5 Å². The van der Waals surface area contributed by atoms with Crippen LogP contribution in [0.5, 0.6) is 5.75 Å². The third-order valence-electron chi connectivity index (χ3n) is 4.32. The molecule has 5 N–H and O–H groups in total. The molecule has 0 aliphatic carbocycles. The molecule has 2 rings (SSSR count). The van der Waals surface area contributed by atoms with Gasteiger partial charge in [-0.2, -0.15) is 0 Å². The van der Waals surface area contributed by atoms with Gasteiger partial charge in [0.1, 0.15) is 11.6 Å². The molecule has 2 aromatic rings. The topological polar surface area (TPSA) is 152 Å². The maximum atomic E-state index is 13.1. The van der Waals surface area contributed by atoms with Crippen molar-refractivity contribution in [1.29, 1.82) is 5.41 Å². The number of carbonyl (C=O) groups is 3. The molecule has 1 amide bonds. The van der Waals surface area contributed by atoms with Crippen LogP contribution in [0.15, 0.2) is 54.6 Å². The van der Waals surface area contributed by atoms with E-state index in [1.807, 2.05) is 0 Å². The Bertz CT molecular complexity index is 990. The standard InChI is InChI=1S/C23H27N3O6.ClH/c1-22(2,3)31-14-13-18(27)23(21(29)30,32-17-7-5-4-6-8-17)26-20(28)16-11-9-15(10-12-16)19(24)25;/h4-12H,13-14H2,1-3H3,(H3,24,25)(H,26,28)(H,29,30);1H. The molecule has 0 saturated carbocycles. The molecule has 0 aliphatic heterocycles. The Morgan fingerprint density at radius 1 is 1.00 bits per heavy atom. The van der Waals surface area contributed by atoms with E-state index in [0.29, 0.717) is 5.56 Å². The number of hydrogen-bond acceptors (Lipinski definition) is 6. The van der Waals surface area contributed by atoms with E-state index in [4.69, 9.17) is 20.6 Å². The molecule has 0 aliphatic rings.